The standard InChI is InChI=1S/C21H30N2O/c1-17(2)14-23(15-19-11-7-4-8-12-19)16-21(24)20(22)13-18-9-5-3-6-10-18/h3-12,17,20-21,24H,13-16,22H2,1-2H3. The van der Waals surface area contributed by atoms with Crippen LogP contribution in [-0.4, -0.2) is 35.2 Å². The summed E-state index contributed by atoms with van der Waals surface area (Å²) < 4.78 is 0. The van der Waals surface area contributed by atoms with Crippen molar-refractivity contribution >= 4 is 0 Å². The van der Waals surface area contributed by atoms with Crippen LogP contribution in [0.3, 0.4) is 0 Å². The van der Waals surface area contributed by atoms with Gasteiger partial charge in [-0.3, -0.25) is 4.90 Å². The molecule has 3 N–H and O–H groups in total. The lowest BCUT2D eigenvalue weighted by Crippen LogP contribution is -2.45. The van der Waals surface area contributed by atoms with Crippen LogP contribution in [0.15, 0.2) is 60.7 Å². The maximum atomic E-state index is 10.6. The van der Waals surface area contributed by atoms with Crippen molar-refractivity contribution in [1.29, 1.82) is 0 Å². The van der Waals surface area contributed by atoms with Gasteiger partial charge in [-0.1, -0.05) is 74.5 Å². The second-order valence-corrected chi connectivity index (χ2v) is 6.99. The smallest absolute Gasteiger partial charge is 0.0821 e. The molecule has 3 heteroatoms. The zero-order valence-corrected chi connectivity index (χ0v) is 14.8. The summed E-state index contributed by atoms with van der Waals surface area (Å²) in [4.78, 5) is 2.30. The van der Waals surface area contributed by atoms with E-state index in [0.29, 0.717) is 18.9 Å². The van der Waals surface area contributed by atoms with Gasteiger partial charge in [-0.2, -0.15) is 0 Å². The first-order chi connectivity index (χ1) is 11.5. The molecule has 2 atom stereocenters. The summed E-state index contributed by atoms with van der Waals surface area (Å²) in [6.07, 6.45) is 0.163. The van der Waals surface area contributed by atoms with Gasteiger partial charge in [-0.15, -0.1) is 0 Å². The molecule has 2 unspecified atom stereocenters. The molecular formula is C21H30N2O. The highest BCUT2D eigenvalue weighted by molar-refractivity contribution is 5.16. The van der Waals surface area contributed by atoms with Gasteiger partial charge in [0, 0.05) is 25.7 Å². The van der Waals surface area contributed by atoms with Crippen LogP contribution in [-0.2, 0) is 13.0 Å². The normalized spacial score (nSPS) is 14.1. The third-order valence-electron chi connectivity index (χ3n) is 4.13. The number of benzene rings is 2. The zero-order chi connectivity index (χ0) is 17.4. The first kappa shape index (κ1) is 18.7. The van der Waals surface area contributed by atoms with Crippen LogP contribution in [0, 0.1) is 5.92 Å². The number of nitrogens with zero attached hydrogens (tertiary/aromatic N) is 1. The van der Waals surface area contributed by atoms with Crippen molar-refractivity contribution in [3.63, 3.8) is 0 Å². The quantitative estimate of drug-likeness (QED) is 0.744. The number of rotatable bonds is 9. The zero-order valence-electron chi connectivity index (χ0n) is 14.8. The molecule has 0 heterocycles. The van der Waals surface area contributed by atoms with E-state index in [1.54, 1.807) is 0 Å². The molecule has 0 radical (unpaired) electrons. The van der Waals surface area contributed by atoms with E-state index in [0.717, 1.165) is 13.1 Å². The molecule has 2 rings (SSSR count). The Bertz CT molecular complexity index is 571. The van der Waals surface area contributed by atoms with Crippen LogP contribution in [0.2, 0.25) is 0 Å². The summed E-state index contributed by atoms with van der Waals surface area (Å²) in [5.41, 5.74) is 8.68. The topological polar surface area (TPSA) is 49.5 Å². The van der Waals surface area contributed by atoms with Crippen molar-refractivity contribution < 1.29 is 5.11 Å². The summed E-state index contributed by atoms with van der Waals surface area (Å²) >= 11 is 0. The average molecular weight is 326 g/mol. The van der Waals surface area contributed by atoms with Crippen LogP contribution >= 0.6 is 0 Å². The summed E-state index contributed by atoms with van der Waals surface area (Å²) in [7, 11) is 0. The first-order valence-corrected chi connectivity index (χ1v) is 8.78. The summed E-state index contributed by atoms with van der Waals surface area (Å²) in [6.45, 7) is 6.79. The maximum Gasteiger partial charge on any atom is 0.0821 e. The summed E-state index contributed by atoms with van der Waals surface area (Å²) in [5, 5.41) is 10.6. The van der Waals surface area contributed by atoms with Gasteiger partial charge in [0.25, 0.3) is 0 Å². The fourth-order valence-corrected chi connectivity index (χ4v) is 2.98. The van der Waals surface area contributed by atoms with Crippen molar-refractivity contribution in [3.05, 3.63) is 71.8 Å². The Balaban J connectivity index is 1.94. The van der Waals surface area contributed by atoms with E-state index in [9.17, 15) is 5.11 Å². The Morgan fingerprint density at radius 2 is 1.42 bits per heavy atom. The molecule has 0 aromatic heterocycles. The lowest BCUT2D eigenvalue weighted by molar-refractivity contribution is 0.0818. The predicted octanol–water partition coefficient (Wildman–Crippen LogP) is 3.08. The van der Waals surface area contributed by atoms with E-state index >= 15 is 0 Å². The number of aliphatic hydroxyl groups excluding tert-OH is 1. The largest absolute Gasteiger partial charge is 0.390 e. The van der Waals surface area contributed by atoms with E-state index in [1.165, 1.54) is 11.1 Å². The molecule has 0 spiro atoms. The lowest BCUT2D eigenvalue weighted by Gasteiger charge is -2.29. The Kier molecular flexibility index (Phi) is 7.44. The Labute approximate surface area is 146 Å². The van der Waals surface area contributed by atoms with Gasteiger partial charge < -0.3 is 10.8 Å². The minimum absolute atomic E-state index is 0.252. The molecule has 24 heavy (non-hydrogen) atoms. The van der Waals surface area contributed by atoms with Crippen LogP contribution < -0.4 is 5.73 Å². The Morgan fingerprint density at radius 3 is 1.96 bits per heavy atom. The molecule has 0 aliphatic rings. The van der Waals surface area contributed by atoms with Gasteiger partial charge in [0.1, 0.15) is 0 Å². The number of nitrogens with two attached hydrogens (primary N) is 1. The molecule has 130 valence electrons. The van der Waals surface area contributed by atoms with Crippen molar-refractivity contribution in [2.45, 2.75) is 39.0 Å². The Hall–Kier alpha value is -1.68. The highest BCUT2D eigenvalue weighted by Crippen LogP contribution is 2.11. The average Bonchev–Trinajstić information content (AvgIpc) is 2.56. The molecule has 0 bridgehead atoms. The molecule has 3 nitrogen and oxygen atoms in total. The number of hydrogen-bond donors (Lipinski definition) is 2. The fourth-order valence-electron chi connectivity index (χ4n) is 2.98. The van der Waals surface area contributed by atoms with E-state index in [4.69, 9.17) is 5.73 Å². The lowest BCUT2D eigenvalue weighted by atomic mass is 10.0. The molecule has 0 saturated carbocycles. The van der Waals surface area contributed by atoms with Crippen LogP contribution in [0.1, 0.15) is 25.0 Å². The molecule has 0 amide bonds. The number of aliphatic hydroxyl groups is 1. The van der Waals surface area contributed by atoms with E-state index in [2.05, 4.69) is 55.1 Å². The van der Waals surface area contributed by atoms with Gasteiger partial charge in [0.15, 0.2) is 0 Å². The first-order valence-electron chi connectivity index (χ1n) is 8.78. The molecule has 0 saturated heterocycles. The third-order valence-corrected chi connectivity index (χ3v) is 4.13. The summed E-state index contributed by atoms with van der Waals surface area (Å²) in [6, 6.07) is 20.3. The SMILES string of the molecule is CC(C)CN(Cc1ccccc1)CC(O)C(N)Cc1ccccc1. The van der Waals surface area contributed by atoms with Crippen molar-refractivity contribution in [2.75, 3.05) is 13.1 Å². The fraction of sp³-hybridized carbons (Fsp3) is 0.429. The highest BCUT2D eigenvalue weighted by atomic mass is 16.3. The van der Waals surface area contributed by atoms with Crippen molar-refractivity contribution in [3.8, 4) is 0 Å². The molecule has 2 aromatic rings. The van der Waals surface area contributed by atoms with Gasteiger partial charge in [-0.25, -0.2) is 0 Å². The molecule has 2 aromatic carbocycles. The monoisotopic (exact) mass is 326 g/mol. The predicted molar refractivity (Wildman–Crippen MR) is 101 cm³/mol. The van der Waals surface area contributed by atoms with E-state index < -0.39 is 6.10 Å². The van der Waals surface area contributed by atoms with Crippen molar-refractivity contribution in [2.24, 2.45) is 11.7 Å². The van der Waals surface area contributed by atoms with Gasteiger partial charge in [0.2, 0.25) is 0 Å². The Morgan fingerprint density at radius 1 is 0.875 bits per heavy atom. The maximum absolute atomic E-state index is 10.6. The second-order valence-electron chi connectivity index (χ2n) is 6.99. The second kappa shape index (κ2) is 9.58. The number of hydrogen-bond acceptors (Lipinski definition) is 3. The highest BCUT2D eigenvalue weighted by Gasteiger charge is 2.19. The van der Waals surface area contributed by atoms with Gasteiger partial charge in [0.05, 0.1) is 6.10 Å². The van der Waals surface area contributed by atoms with E-state index in [1.807, 2.05) is 24.3 Å². The summed E-state index contributed by atoms with van der Waals surface area (Å²) in [5.74, 6) is 0.547. The molecule has 0 aliphatic heterocycles. The molecular weight excluding hydrogens is 296 g/mol. The molecule has 0 aliphatic carbocycles. The van der Waals surface area contributed by atoms with Gasteiger partial charge >= 0.3 is 0 Å². The van der Waals surface area contributed by atoms with Crippen molar-refractivity contribution in [1.82, 2.24) is 4.90 Å². The molecule has 0 fully saturated rings. The van der Waals surface area contributed by atoms with Crippen LogP contribution in [0.25, 0.3) is 0 Å². The minimum atomic E-state index is -0.535. The third kappa shape index (κ3) is 6.44. The van der Waals surface area contributed by atoms with Crippen LogP contribution in [0.4, 0.5) is 0 Å². The van der Waals surface area contributed by atoms with E-state index in [-0.39, 0.29) is 6.04 Å². The van der Waals surface area contributed by atoms with Crippen LogP contribution in [0.5, 0.6) is 0 Å². The van der Waals surface area contributed by atoms with Gasteiger partial charge in [-0.05, 0) is 23.5 Å². The minimum Gasteiger partial charge on any atom is -0.390 e.